The number of halogens is 2. The molecule has 2 amide bonds. The highest BCUT2D eigenvalue weighted by molar-refractivity contribution is 6.35. The van der Waals surface area contributed by atoms with E-state index in [1.165, 1.54) is 29.5 Å². The zero-order valence-electron chi connectivity index (χ0n) is 23.8. The van der Waals surface area contributed by atoms with Crippen molar-refractivity contribution in [1.82, 2.24) is 20.9 Å². The molecule has 0 aromatic heterocycles. The smallest absolute Gasteiger partial charge is 0.314 e. The van der Waals surface area contributed by atoms with Crippen molar-refractivity contribution in [3.8, 4) is 11.1 Å². The van der Waals surface area contributed by atoms with Crippen LogP contribution in [-0.4, -0.2) is 50.7 Å². The first-order valence-electron chi connectivity index (χ1n) is 14.8. The van der Waals surface area contributed by atoms with E-state index >= 15 is 0 Å². The quantitative estimate of drug-likeness (QED) is 0.218. The first-order chi connectivity index (χ1) is 19.9. The molecular weight excluding hydrogens is 553 g/mol. The minimum absolute atomic E-state index is 0.107. The van der Waals surface area contributed by atoms with Crippen molar-refractivity contribution in [2.75, 3.05) is 45.1 Å². The topological polar surface area (TPSA) is 68.4 Å². The Balaban J connectivity index is 1.27. The Morgan fingerprint density at radius 1 is 0.878 bits per heavy atom. The van der Waals surface area contributed by atoms with Gasteiger partial charge >= 0.3 is 6.03 Å². The van der Waals surface area contributed by atoms with Gasteiger partial charge in [0.1, 0.15) is 0 Å². The molecular formula is C33H41Cl2N5O. The molecule has 0 bridgehead atoms. The van der Waals surface area contributed by atoms with Gasteiger partial charge in [0.25, 0.3) is 0 Å². The van der Waals surface area contributed by atoms with Gasteiger partial charge in [0.05, 0.1) is 0 Å². The summed E-state index contributed by atoms with van der Waals surface area (Å²) in [6.45, 7) is 6.59. The lowest BCUT2D eigenvalue weighted by atomic mass is 9.90. The van der Waals surface area contributed by atoms with Crippen LogP contribution in [0.1, 0.15) is 48.3 Å². The summed E-state index contributed by atoms with van der Waals surface area (Å²) >= 11 is 12.7. The van der Waals surface area contributed by atoms with Gasteiger partial charge in [-0.15, -0.1) is 0 Å². The minimum atomic E-state index is -0.107. The van der Waals surface area contributed by atoms with E-state index in [2.05, 4.69) is 68.6 Å². The summed E-state index contributed by atoms with van der Waals surface area (Å²) in [4.78, 5) is 14.1. The van der Waals surface area contributed by atoms with E-state index < -0.39 is 0 Å². The zero-order chi connectivity index (χ0) is 28.6. The van der Waals surface area contributed by atoms with Crippen LogP contribution < -0.4 is 21.3 Å². The molecule has 0 atom stereocenters. The molecule has 41 heavy (non-hydrogen) atoms. The first-order valence-corrected chi connectivity index (χ1v) is 15.5. The van der Waals surface area contributed by atoms with Crippen LogP contribution in [0, 0.1) is 5.92 Å². The van der Waals surface area contributed by atoms with Gasteiger partial charge in [-0.3, -0.25) is 4.90 Å². The Kier molecular flexibility index (Phi) is 10.4. The number of anilines is 1. The van der Waals surface area contributed by atoms with Gasteiger partial charge in [-0.2, -0.15) is 0 Å². The zero-order valence-corrected chi connectivity index (χ0v) is 25.3. The molecule has 0 radical (unpaired) electrons. The predicted octanol–water partition coefficient (Wildman–Crippen LogP) is 6.88. The molecule has 4 N–H and O–H groups in total. The van der Waals surface area contributed by atoms with Crippen LogP contribution >= 0.6 is 23.2 Å². The molecule has 2 heterocycles. The van der Waals surface area contributed by atoms with Crippen LogP contribution in [0.5, 0.6) is 0 Å². The van der Waals surface area contributed by atoms with E-state index in [0.717, 1.165) is 75.5 Å². The molecule has 0 spiro atoms. The minimum Gasteiger partial charge on any atom is -0.381 e. The summed E-state index contributed by atoms with van der Waals surface area (Å²) in [5.41, 5.74) is 7.21. The third-order valence-electron chi connectivity index (χ3n) is 8.36. The van der Waals surface area contributed by atoms with Crippen molar-refractivity contribution in [2.24, 2.45) is 5.92 Å². The van der Waals surface area contributed by atoms with Gasteiger partial charge < -0.3 is 21.3 Å². The summed E-state index contributed by atoms with van der Waals surface area (Å²) in [6, 6.07) is 21.4. The molecule has 8 heteroatoms. The molecule has 218 valence electrons. The number of likely N-dealkylation sites (tertiary alicyclic amines) is 1. The number of hydrogen-bond acceptors (Lipinski definition) is 4. The molecule has 2 aliphatic rings. The number of nitrogens with one attached hydrogen (secondary N) is 4. The lowest BCUT2D eigenvalue weighted by molar-refractivity contribution is 0.175. The highest BCUT2D eigenvalue weighted by Crippen LogP contribution is 2.31. The second kappa shape index (κ2) is 14.4. The Bertz CT molecular complexity index is 1280. The fraction of sp³-hybridized carbons (Fsp3) is 0.424. The van der Waals surface area contributed by atoms with E-state index in [1.807, 2.05) is 12.1 Å². The second-order valence-corrected chi connectivity index (χ2v) is 12.2. The highest BCUT2D eigenvalue weighted by Gasteiger charge is 2.20. The largest absolute Gasteiger partial charge is 0.381 e. The van der Waals surface area contributed by atoms with Crippen LogP contribution in [0.2, 0.25) is 10.0 Å². The van der Waals surface area contributed by atoms with E-state index in [-0.39, 0.29) is 6.03 Å². The molecule has 0 saturated carbocycles. The van der Waals surface area contributed by atoms with Crippen molar-refractivity contribution in [3.05, 3.63) is 87.4 Å². The van der Waals surface area contributed by atoms with Crippen LogP contribution in [-0.2, 0) is 13.1 Å². The summed E-state index contributed by atoms with van der Waals surface area (Å²) < 4.78 is 0. The summed E-state index contributed by atoms with van der Waals surface area (Å²) in [5, 5.41) is 14.0. The molecule has 5 rings (SSSR count). The molecule has 2 aliphatic heterocycles. The van der Waals surface area contributed by atoms with Gasteiger partial charge in [0, 0.05) is 42.4 Å². The van der Waals surface area contributed by atoms with Gasteiger partial charge in [-0.1, -0.05) is 41.4 Å². The molecule has 0 aliphatic carbocycles. The van der Waals surface area contributed by atoms with Gasteiger partial charge in [0.15, 0.2) is 0 Å². The second-order valence-electron chi connectivity index (χ2n) is 11.4. The monoisotopic (exact) mass is 593 g/mol. The fourth-order valence-corrected chi connectivity index (χ4v) is 6.53. The standard InChI is InChI=1S/C33H41Cl2N5O/c1-36-33(41)39-20-23-8-12-40(13-9-23)22-25-14-24(15-28(16-25)29-17-30(34)19-31(35)18-29)21-38-32-4-2-26(3-5-32)27-6-10-37-11-7-27/h2-5,14-19,23,27,37-38H,6-13,20-22H2,1H3,(H2,36,39,41). The Labute approximate surface area is 254 Å². The third kappa shape index (κ3) is 8.62. The first kappa shape index (κ1) is 29.7. The average Bonchev–Trinajstić information content (AvgIpc) is 2.99. The Hall–Kier alpha value is -2.77. The molecule has 0 unspecified atom stereocenters. The van der Waals surface area contributed by atoms with Crippen LogP contribution in [0.3, 0.4) is 0 Å². The maximum Gasteiger partial charge on any atom is 0.314 e. The van der Waals surface area contributed by atoms with E-state index in [9.17, 15) is 4.79 Å². The van der Waals surface area contributed by atoms with Crippen LogP contribution in [0.4, 0.5) is 10.5 Å². The number of benzene rings is 3. The number of amides is 2. The molecule has 2 fully saturated rings. The molecule has 6 nitrogen and oxygen atoms in total. The predicted molar refractivity (Wildman–Crippen MR) is 171 cm³/mol. The molecule has 3 aromatic rings. The number of rotatable bonds is 9. The Morgan fingerprint density at radius 3 is 2.22 bits per heavy atom. The Morgan fingerprint density at radius 2 is 1.54 bits per heavy atom. The number of nitrogens with zero attached hydrogens (tertiary/aromatic N) is 1. The number of carbonyl (C=O) groups is 1. The third-order valence-corrected chi connectivity index (χ3v) is 8.79. The van der Waals surface area contributed by atoms with Crippen molar-refractivity contribution in [2.45, 2.75) is 44.7 Å². The normalized spacial score (nSPS) is 16.9. The van der Waals surface area contributed by atoms with Gasteiger partial charge in [-0.25, -0.2) is 4.79 Å². The lowest BCUT2D eigenvalue weighted by Crippen LogP contribution is -2.40. The highest BCUT2D eigenvalue weighted by atomic mass is 35.5. The number of piperidine rings is 2. The van der Waals surface area contributed by atoms with Crippen molar-refractivity contribution >= 4 is 34.9 Å². The van der Waals surface area contributed by atoms with Crippen LogP contribution in [0.15, 0.2) is 60.7 Å². The summed E-state index contributed by atoms with van der Waals surface area (Å²) in [5.74, 6) is 1.18. The number of urea groups is 1. The maximum atomic E-state index is 11.6. The van der Waals surface area contributed by atoms with E-state index in [1.54, 1.807) is 13.1 Å². The summed E-state index contributed by atoms with van der Waals surface area (Å²) in [6.07, 6.45) is 4.58. The SMILES string of the molecule is CNC(=O)NCC1CCN(Cc2cc(CNc3ccc(C4CCNCC4)cc3)cc(-c3cc(Cl)cc(Cl)c3)c2)CC1. The van der Waals surface area contributed by atoms with E-state index in [4.69, 9.17) is 23.2 Å². The van der Waals surface area contributed by atoms with Crippen molar-refractivity contribution in [1.29, 1.82) is 0 Å². The van der Waals surface area contributed by atoms with Crippen molar-refractivity contribution < 1.29 is 4.79 Å². The lowest BCUT2D eigenvalue weighted by Gasteiger charge is -2.32. The molecule has 2 saturated heterocycles. The summed E-state index contributed by atoms with van der Waals surface area (Å²) in [7, 11) is 1.65. The number of carbonyl (C=O) groups excluding carboxylic acids is 1. The maximum absolute atomic E-state index is 11.6. The average molecular weight is 595 g/mol. The van der Waals surface area contributed by atoms with Crippen molar-refractivity contribution in [3.63, 3.8) is 0 Å². The molecule has 3 aromatic carbocycles. The fourth-order valence-electron chi connectivity index (χ4n) is 6.01. The van der Waals surface area contributed by atoms with Crippen LogP contribution in [0.25, 0.3) is 11.1 Å². The number of hydrogen-bond donors (Lipinski definition) is 4. The van der Waals surface area contributed by atoms with Gasteiger partial charge in [-0.05, 0) is 134 Å². The van der Waals surface area contributed by atoms with Gasteiger partial charge in [0.2, 0.25) is 0 Å². The van der Waals surface area contributed by atoms with E-state index in [0.29, 0.717) is 21.9 Å².